The van der Waals surface area contributed by atoms with E-state index in [0.717, 1.165) is 39.0 Å². The Labute approximate surface area is 371 Å². The Morgan fingerprint density at radius 2 is 0.703 bits per heavy atom. The van der Waals surface area contributed by atoms with Crippen LogP contribution in [0.15, 0.2) is 229 Å². The minimum Gasteiger partial charge on any atom is -0.456 e. The molecule has 64 heavy (non-hydrogen) atoms. The molecule has 11 aromatic rings. The van der Waals surface area contributed by atoms with Crippen LogP contribution in [0.3, 0.4) is 0 Å². The van der Waals surface area contributed by atoms with Gasteiger partial charge in [-0.15, -0.1) is 0 Å². The van der Waals surface area contributed by atoms with Gasteiger partial charge in [-0.25, -0.2) is 0 Å². The molecule has 0 atom stereocenters. The third-order valence-corrected chi connectivity index (χ3v) is 15.1. The summed E-state index contributed by atoms with van der Waals surface area (Å²) in [6.45, 7) is 0. The van der Waals surface area contributed by atoms with Gasteiger partial charge in [0.25, 0.3) is 0 Å². The van der Waals surface area contributed by atoms with E-state index in [1.165, 1.54) is 89.0 Å². The van der Waals surface area contributed by atoms with Crippen LogP contribution in [0.1, 0.15) is 44.5 Å². The van der Waals surface area contributed by atoms with Crippen molar-refractivity contribution >= 4 is 39.0 Å². The fourth-order valence-electron chi connectivity index (χ4n) is 12.9. The molecule has 0 amide bonds. The minimum atomic E-state index is -0.484. The summed E-state index contributed by atoms with van der Waals surface area (Å²) in [5.41, 5.74) is 25.0. The Morgan fingerprint density at radius 1 is 0.297 bits per heavy atom. The smallest absolute Gasteiger partial charge is 0.137 e. The summed E-state index contributed by atoms with van der Waals surface area (Å²) in [7, 11) is 0. The molecule has 1 aromatic heterocycles. The van der Waals surface area contributed by atoms with Gasteiger partial charge >= 0.3 is 0 Å². The highest BCUT2D eigenvalue weighted by Crippen LogP contribution is 2.66. The molecule has 0 saturated carbocycles. The Kier molecular flexibility index (Phi) is 6.58. The number of rotatable bonds is 3. The molecule has 15 rings (SSSR count). The molecule has 2 heteroatoms. The number of anilines is 3. The third kappa shape index (κ3) is 3.99. The highest BCUT2D eigenvalue weighted by atomic mass is 16.3. The molecule has 0 aliphatic heterocycles. The van der Waals surface area contributed by atoms with Gasteiger partial charge in [0.05, 0.1) is 27.6 Å². The number of nitrogens with zero attached hydrogens (tertiary/aromatic N) is 1. The SMILES string of the molecule is c1ccc2c(c1)-c1ccccc1C21c2ccccc2-c2ccc(N(c3cccc4c3-c3ccccc3C43c4ccccc4-c4ccccc43)c3cccc4oc5ccccc5c34)cc21. The van der Waals surface area contributed by atoms with E-state index in [1.54, 1.807) is 0 Å². The normalized spacial score (nSPS) is 14.5. The fraction of sp³-hybridized carbons (Fsp3) is 0.0323. The molecular weight excluding hydrogens is 775 g/mol. The second-order valence-electron chi connectivity index (χ2n) is 17.8. The average Bonchev–Trinajstić information content (AvgIpc) is 4.13. The maximum atomic E-state index is 6.66. The lowest BCUT2D eigenvalue weighted by Gasteiger charge is -2.33. The average molecular weight is 812 g/mol. The molecule has 0 saturated heterocycles. The van der Waals surface area contributed by atoms with E-state index in [0.29, 0.717) is 0 Å². The van der Waals surface area contributed by atoms with Gasteiger partial charge in [-0.1, -0.05) is 188 Å². The molecule has 2 nitrogen and oxygen atoms in total. The second kappa shape index (κ2) is 12.2. The van der Waals surface area contributed by atoms with Crippen LogP contribution in [0, 0.1) is 0 Å². The number of hydrogen-bond donors (Lipinski definition) is 0. The molecule has 10 aromatic carbocycles. The van der Waals surface area contributed by atoms with Crippen LogP contribution >= 0.6 is 0 Å². The van der Waals surface area contributed by atoms with Crippen molar-refractivity contribution < 1.29 is 4.42 Å². The molecule has 0 unspecified atom stereocenters. The topological polar surface area (TPSA) is 16.4 Å². The van der Waals surface area contributed by atoms with E-state index in [9.17, 15) is 0 Å². The van der Waals surface area contributed by atoms with Crippen molar-refractivity contribution in [1.82, 2.24) is 0 Å². The lowest BCUT2D eigenvalue weighted by molar-refractivity contribution is 0.669. The zero-order valence-electron chi connectivity index (χ0n) is 34.7. The largest absolute Gasteiger partial charge is 0.456 e. The molecule has 4 aliphatic carbocycles. The van der Waals surface area contributed by atoms with Crippen molar-refractivity contribution in [3.8, 4) is 44.5 Å². The van der Waals surface area contributed by atoms with Crippen molar-refractivity contribution in [2.45, 2.75) is 10.8 Å². The molecule has 0 fully saturated rings. The van der Waals surface area contributed by atoms with Gasteiger partial charge in [0.1, 0.15) is 11.2 Å². The van der Waals surface area contributed by atoms with Crippen LogP contribution < -0.4 is 4.90 Å². The first-order valence-electron chi connectivity index (χ1n) is 22.3. The Morgan fingerprint density at radius 3 is 1.28 bits per heavy atom. The predicted molar refractivity (Wildman–Crippen MR) is 261 cm³/mol. The van der Waals surface area contributed by atoms with Gasteiger partial charge < -0.3 is 9.32 Å². The van der Waals surface area contributed by atoms with Crippen LogP contribution in [-0.4, -0.2) is 0 Å². The van der Waals surface area contributed by atoms with Crippen molar-refractivity contribution in [2.75, 3.05) is 4.90 Å². The summed E-state index contributed by atoms with van der Waals surface area (Å²) >= 11 is 0. The Balaban J connectivity index is 1.07. The maximum absolute atomic E-state index is 6.66. The summed E-state index contributed by atoms with van der Waals surface area (Å²) in [6.07, 6.45) is 0. The van der Waals surface area contributed by atoms with Gasteiger partial charge in [-0.2, -0.15) is 0 Å². The summed E-state index contributed by atoms with van der Waals surface area (Å²) < 4.78 is 6.66. The van der Waals surface area contributed by atoms with E-state index >= 15 is 0 Å². The molecule has 0 N–H and O–H groups in total. The highest BCUT2D eigenvalue weighted by Gasteiger charge is 2.54. The second-order valence-corrected chi connectivity index (χ2v) is 17.8. The van der Waals surface area contributed by atoms with Crippen molar-refractivity contribution in [1.29, 1.82) is 0 Å². The first-order valence-corrected chi connectivity index (χ1v) is 22.3. The van der Waals surface area contributed by atoms with Gasteiger partial charge in [0, 0.05) is 16.6 Å². The zero-order valence-corrected chi connectivity index (χ0v) is 34.7. The van der Waals surface area contributed by atoms with E-state index in [2.05, 4.69) is 229 Å². The van der Waals surface area contributed by atoms with E-state index in [-0.39, 0.29) is 0 Å². The molecule has 296 valence electrons. The summed E-state index contributed by atoms with van der Waals surface area (Å²) in [5, 5.41) is 2.20. The van der Waals surface area contributed by atoms with Crippen molar-refractivity contribution in [2.24, 2.45) is 0 Å². The van der Waals surface area contributed by atoms with Crippen LogP contribution in [0.2, 0.25) is 0 Å². The monoisotopic (exact) mass is 811 g/mol. The number of furan rings is 1. The quantitative estimate of drug-likeness (QED) is 0.177. The number of hydrogen-bond acceptors (Lipinski definition) is 2. The van der Waals surface area contributed by atoms with Crippen LogP contribution in [0.5, 0.6) is 0 Å². The van der Waals surface area contributed by atoms with Crippen LogP contribution in [0.25, 0.3) is 66.4 Å². The molecular formula is C62H37NO. The fourth-order valence-corrected chi connectivity index (χ4v) is 12.9. The molecule has 2 spiro atoms. The number of benzene rings is 10. The number of fused-ring (bicyclic) bond motifs is 23. The van der Waals surface area contributed by atoms with Crippen molar-refractivity contribution in [3.05, 3.63) is 269 Å². The summed E-state index contributed by atoms with van der Waals surface area (Å²) in [5.74, 6) is 0. The van der Waals surface area contributed by atoms with Crippen LogP contribution in [0.4, 0.5) is 17.1 Å². The van der Waals surface area contributed by atoms with Gasteiger partial charge in [-0.3, -0.25) is 0 Å². The predicted octanol–water partition coefficient (Wildman–Crippen LogP) is 15.7. The number of para-hydroxylation sites is 1. The maximum Gasteiger partial charge on any atom is 0.137 e. The Bertz CT molecular complexity index is 3720. The first kappa shape index (κ1) is 34.4. The van der Waals surface area contributed by atoms with E-state index < -0.39 is 10.8 Å². The third-order valence-electron chi connectivity index (χ3n) is 15.1. The molecule has 4 aliphatic rings. The summed E-state index contributed by atoms with van der Waals surface area (Å²) in [4.78, 5) is 2.55. The van der Waals surface area contributed by atoms with E-state index in [4.69, 9.17) is 4.42 Å². The molecule has 0 bridgehead atoms. The summed E-state index contributed by atoms with van der Waals surface area (Å²) in [6, 6.07) is 83.9. The van der Waals surface area contributed by atoms with Gasteiger partial charge in [-0.05, 0) is 120 Å². The highest BCUT2D eigenvalue weighted by molar-refractivity contribution is 6.14. The minimum absolute atomic E-state index is 0.476. The molecule has 0 radical (unpaired) electrons. The first-order chi connectivity index (χ1) is 31.8. The lowest BCUT2D eigenvalue weighted by atomic mass is 9.70. The Hall–Kier alpha value is -8.20. The molecule has 1 heterocycles. The van der Waals surface area contributed by atoms with Crippen LogP contribution in [-0.2, 0) is 10.8 Å². The standard InChI is InChI=1S/C62H37NO/c1-8-24-47-39(17-1)40-18-2-9-25-48(40)61(47)52-29-13-6-22-45(52)59-53(61)30-15-31-55(59)63(56-32-16-34-58-60(56)46-23-7-14-33-57(46)64-58)38-35-36-44-43-21-5-12-28-51(43)62(54(44)37-38)49-26-10-3-19-41(49)42-20-4-11-27-50(42)62/h1-37H. The zero-order chi connectivity index (χ0) is 41.7. The van der Waals surface area contributed by atoms with Gasteiger partial charge in [0.15, 0.2) is 0 Å². The van der Waals surface area contributed by atoms with Crippen molar-refractivity contribution in [3.63, 3.8) is 0 Å². The lowest BCUT2D eigenvalue weighted by Crippen LogP contribution is -2.26. The van der Waals surface area contributed by atoms with E-state index in [1.807, 2.05) is 0 Å². The van der Waals surface area contributed by atoms with Gasteiger partial charge in [0.2, 0.25) is 0 Å².